The molecule has 0 spiro atoms. The summed E-state index contributed by atoms with van der Waals surface area (Å²) in [6.07, 6.45) is 4.65. The molecule has 6 nitrogen and oxygen atoms in total. The van der Waals surface area contributed by atoms with E-state index in [1.165, 1.54) is 17.4 Å². The number of carbonyl (C=O) groups excluding carboxylic acids is 1. The Hall–Kier alpha value is -2.41. The monoisotopic (exact) mass is 304 g/mol. The van der Waals surface area contributed by atoms with E-state index in [-0.39, 0.29) is 5.84 Å². The van der Waals surface area contributed by atoms with Crippen LogP contribution in [0, 0.1) is 6.92 Å². The number of nitrogens with zero attached hydrogens (tertiary/aromatic N) is 3. The average Bonchev–Trinajstić information content (AvgIpc) is 3.12. The van der Waals surface area contributed by atoms with Crippen molar-refractivity contribution in [3.63, 3.8) is 0 Å². The van der Waals surface area contributed by atoms with E-state index in [1.807, 2.05) is 30.0 Å². The highest BCUT2D eigenvalue weighted by atomic mass is 32.1. The lowest BCUT2D eigenvalue weighted by Crippen LogP contribution is -2.13. The van der Waals surface area contributed by atoms with Crippen molar-refractivity contribution in [2.45, 2.75) is 20.4 Å². The third-order valence-electron chi connectivity index (χ3n) is 2.85. The first-order valence-electron chi connectivity index (χ1n) is 6.40. The predicted octanol–water partition coefficient (Wildman–Crippen LogP) is 2.15. The van der Waals surface area contributed by atoms with Gasteiger partial charge in [-0.25, -0.2) is 4.79 Å². The second-order valence-electron chi connectivity index (χ2n) is 4.20. The minimum absolute atomic E-state index is 0.182. The molecular weight excluding hydrogens is 288 g/mol. The Kier molecular flexibility index (Phi) is 4.89. The number of hydrogen-bond donors (Lipinski definition) is 1. The number of nitrogens with two attached hydrogens (primary N) is 1. The fourth-order valence-electron chi connectivity index (χ4n) is 1.70. The number of hydrogen-bond acceptors (Lipinski definition) is 5. The van der Waals surface area contributed by atoms with Crippen LogP contribution in [0.15, 0.2) is 34.9 Å². The molecule has 2 aromatic rings. The molecule has 0 saturated carbocycles. The molecule has 2 aromatic heterocycles. The molecule has 0 amide bonds. The van der Waals surface area contributed by atoms with E-state index >= 15 is 0 Å². The van der Waals surface area contributed by atoms with Crippen LogP contribution in [0.2, 0.25) is 0 Å². The molecule has 0 radical (unpaired) electrons. The van der Waals surface area contributed by atoms with E-state index in [0.29, 0.717) is 0 Å². The van der Waals surface area contributed by atoms with Crippen LogP contribution in [0.4, 0.5) is 0 Å². The van der Waals surface area contributed by atoms with Crippen LogP contribution in [0.3, 0.4) is 0 Å². The maximum atomic E-state index is 11.6. The third kappa shape index (κ3) is 3.79. The maximum Gasteiger partial charge on any atom is 0.358 e. The fraction of sp³-hybridized carbons (Fsp3) is 0.214. The molecule has 0 unspecified atom stereocenters. The molecule has 21 heavy (non-hydrogen) atoms. The number of amidine groups is 1. The van der Waals surface area contributed by atoms with Crippen LogP contribution >= 0.6 is 11.3 Å². The Morgan fingerprint density at radius 2 is 2.43 bits per heavy atom. The third-order valence-corrected chi connectivity index (χ3v) is 3.74. The van der Waals surface area contributed by atoms with Crippen molar-refractivity contribution in [2.75, 3.05) is 0 Å². The molecule has 0 aliphatic carbocycles. The molecule has 2 heterocycles. The van der Waals surface area contributed by atoms with E-state index < -0.39 is 5.97 Å². The van der Waals surface area contributed by atoms with Crippen molar-refractivity contribution in [1.82, 2.24) is 9.78 Å². The molecule has 110 valence electrons. The van der Waals surface area contributed by atoms with Gasteiger partial charge in [-0.1, -0.05) is 11.2 Å². The minimum atomic E-state index is -0.585. The van der Waals surface area contributed by atoms with Gasteiger partial charge < -0.3 is 10.6 Å². The highest BCUT2D eigenvalue weighted by Crippen LogP contribution is 2.10. The highest BCUT2D eigenvalue weighted by Gasteiger charge is 2.04. The predicted molar refractivity (Wildman–Crippen MR) is 82.8 cm³/mol. The van der Waals surface area contributed by atoms with Gasteiger partial charge in [-0.2, -0.15) is 5.10 Å². The average molecular weight is 304 g/mol. The van der Waals surface area contributed by atoms with Gasteiger partial charge in [0.2, 0.25) is 0 Å². The largest absolute Gasteiger partial charge is 0.380 e. The van der Waals surface area contributed by atoms with Gasteiger partial charge in [0.25, 0.3) is 0 Å². The Labute approximate surface area is 126 Å². The van der Waals surface area contributed by atoms with Crippen molar-refractivity contribution < 1.29 is 9.63 Å². The van der Waals surface area contributed by atoms with Gasteiger partial charge in [0.15, 0.2) is 5.84 Å². The SMILES string of the molecule is CCn1ncc(/C=C/C(=O)O/N=C(\N)c2cccs2)c1C. The zero-order chi connectivity index (χ0) is 15.2. The molecule has 7 heteroatoms. The Morgan fingerprint density at radius 3 is 3.05 bits per heavy atom. The number of oxime groups is 1. The second kappa shape index (κ2) is 6.85. The van der Waals surface area contributed by atoms with Crippen LogP contribution in [0.25, 0.3) is 6.08 Å². The van der Waals surface area contributed by atoms with Gasteiger partial charge in [-0.3, -0.25) is 4.68 Å². The topological polar surface area (TPSA) is 82.5 Å². The standard InChI is InChI=1S/C14H16N4O2S/c1-3-18-10(2)11(9-16-18)6-7-13(19)20-17-14(15)12-5-4-8-21-12/h4-9H,3H2,1-2H3,(H2,15,17)/b7-6+. The number of carbonyl (C=O) groups is 1. The normalized spacial score (nSPS) is 12.0. The van der Waals surface area contributed by atoms with Crippen molar-refractivity contribution in [3.05, 3.63) is 45.9 Å². The zero-order valence-electron chi connectivity index (χ0n) is 11.8. The summed E-state index contributed by atoms with van der Waals surface area (Å²) < 4.78 is 1.85. The summed E-state index contributed by atoms with van der Waals surface area (Å²) in [7, 11) is 0. The Bertz CT molecular complexity index is 671. The summed E-state index contributed by atoms with van der Waals surface area (Å²) in [4.78, 5) is 17.1. The lowest BCUT2D eigenvalue weighted by atomic mass is 10.2. The van der Waals surface area contributed by atoms with E-state index in [1.54, 1.807) is 18.3 Å². The number of thiophene rings is 1. The van der Waals surface area contributed by atoms with Crippen LogP contribution in [0.1, 0.15) is 23.1 Å². The number of rotatable bonds is 5. The van der Waals surface area contributed by atoms with Gasteiger partial charge in [0, 0.05) is 23.9 Å². The molecule has 0 aliphatic rings. The van der Waals surface area contributed by atoms with Crippen molar-refractivity contribution in [1.29, 1.82) is 0 Å². The summed E-state index contributed by atoms with van der Waals surface area (Å²) >= 11 is 1.42. The first-order chi connectivity index (χ1) is 10.1. The van der Waals surface area contributed by atoms with Crippen LogP contribution in [0.5, 0.6) is 0 Å². The molecule has 0 fully saturated rings. The Balaban J connectivity index is 1.97. The van der Waals surface area contributed by atoms with Gasteiger partial charge >= 0.3 is 5.97 Å². The molecule has 0 bridgehead atoms. The first-order valence-corrected chi connectivity index (χ1v) is 7.28. The lowest BCUT2D eigenvalue weighted by Gasteiger charge is -1.98. The van der Waals surface area contributed by atoms with E-state index in [9.17, 15) is 4.79 Å². The summed E-state index contributed by atoms with van der Waals surface area (Å²) in [6.45, 7) is 4.73. The molecule has 0 saturated heterocycles. The van der Waals surface area contributed by atoms with Gasteiger partial charge in [-0.15, -0.1) is 11.3 Å². The quantitative estimate of drug-likeness (QED) is 0.302. The number of aromatic nitrogens is 2. The molecule has 2 N–H and O–H groups in total. The van der Waals surface area contributed by atoms with Crippen LogP contribution in [-0.4, -0.2) is 21.6 Å². The maximum absolute atomic E-state index is 11.6. The smallest absolute Gasteiger partial charge is 0.358 e. The number of aryl methyl sites for hydroxylation is 1. The van der Waals surface area contributed by atoms with E-state index in [4.69, 9.17) is 10.6 Å². The van der Waals surface area contributed by atoms with Crippen molar-refractivity contribution >= 4 is 29.2 Å². The van der Waals surface area contributed by atoms with E-state index in [0.717, 1.165) is 22.7 Å². The van der Waals surface area contributed by atoms with Crippen LogP contribution < -0.4 is 5.73 Å². The molecule has 0 aliphatic heterocycles. The fourth-order valence-corrected chi connectivity index (χ4v) is 2.31. The summed E-state index contributed by atoms with van der Waals surface area (Å²) in [6, 6.07) is 3.65. The summed E-state index contributed by atoms with van der Waals surface area (Å²) in [5.74, 6) is -0.403. The molecule has 0 atom stereocenters. The summed E-state index contributed by atoms with van der Waals surface area (Å²) in [5, 5.41) is 9.66. The summed E-state index contributed by atoms with van der Waals surface area (Å²) in [5.41, 5.74) is 7.54. The van der Waals surface area contributed by atoms with Crippen molar-refractivity contribution in [3.8, 4) is 0 Å². The molecular formula is C14H16N4O2S. The lowest BCUT2D eigenvalue weighted by molar-refractivity contribution is -0.137. The van der Waals surface area contributed by atoms with Crippen molar-refractivity contribution in [2.24, 2.45) is 10.9 Å². The second-order valence-corrected chi connectivity index (χ2v) is 5.15. The zero-order valence-corrected chi connectivity index (χ0v) is 12.6. The van der Waals surface area contributed by atoms with Gasteiger partial charge in [0.1, 0.15) is 0 Å². The highest BCUT2D eigenvalue weighted by molar-refractivity contribution is 7.12. The van der Waals surface area contributed by atoms with Gasteiger partial charge in [0.05, 0.1) is 11.1 Å². The van der Waals surface area contributed by atoms with Gasteiger partial charge in [-0.05, 0) is 31.4 Å². The van der Waals surface area contributed by atoms with E-state index in [2.05, 4.69) is 10.3 Å². The van der Waals surface area contributed by atoms with Crippen LogP contribution in [-0.2, 0) is 16.2 Å². The Morgan fingerprint density at radius 1 is 1.62 bits per heavy atom. The minimum Gasteiger partial charge on any atom is -0.380 e. The molecule has 2 rings (SSSR count). The first kappa shape index (κ1) is 15.0. The molecule has 0 aromatic carbocycles.